The van der Waals surface area contributed by atoms with Gasteiger partial charge in [-0.1, -0.05) is 6.42 Å². The highest BCUT2D eigenvalue weighted by atomic mass is 16.7. The van der Waals surface area contributed by atoms with E-state index < -0.39 is 0 Å². The number of fused-ring (bicyclic) bond motifs is 1. The largest absolute Gasteiger partial charge is 0.296 e. The Kier molecular flexibility index (Phi) is 2.35. The van der Waals surface area contributed by atoms with Crippen molar-refractivity contribution in [2.45, 2.75) is 25.3 Å². The second-order valence-electron chi connectivity index (χ2n) is 3.84. The molecule has 5 heteroatoms. The molecule has 2 aliphatic rings. The van der Waals surface area contributed by atoms with Crippen LogP contribution in [0.15, 0.2) is 0 Å². The van der Waals surface area contributed by atoms with E-state index >= 15 is 0 Å². The van der Waals surface area contributed by atoms with E-state index in [-0.39, 0.29) is 5.03 Å². The van der Waals surface area contributed by atoms with E-state index in [0.29, 0.717) is 19.1 Å². The summed E-state index contributed by atoms with van der Waals surface area (Å²) >= 11 is 0. The van der Waals surface area contributed by atoms with Crippen LogP contribution in [-0.4, -0.2) is 47.2 Å². The second kappa shape index (κ2) is 3.49. The normalized spacial score (nSPS) is 29.8. The highest BCUT2D eigenvalue weighted by Crippen LogP contribution is 2.20. The molecule has 2 rings (SSSR count). The van der Waals surface area contributed by atoms with E-state index in [0.717, 1.165) is 19.5 Å². The molecule has 2 fully saturated rings. The van der Waals surface area contributed by atoms with Crippen LogP contribution in [-0.2, 0) is 0 Å². The molecular weight excluding hydrogens is 170 g/mol. The van der Waals surface area contributed by atoms with Crippen molar-refractivity contribution in [1.29, 1.82) is 0 Å². The molecule has 13 heavy (non-hydrogen) atoms. The lowest BCUT2D eigenvalue weighted by atomic mass is 10.0. The summed E-state index contributed by atoms with van der Waals surface area (Å²) in [7, 11) is 0. The molecule has 0 bridgehead atoms. The van der Waals surface area contributed by atoms with Crippen LogP contribution in [0.3, 0.4) is 0 Å². The highest BCUT2D eigenvalue weighted by Gasteiger charge is 2.32. The van der Waals surface area contributed by atoms with E-state index in [1.807, 2.05) is 0 Å². The molecule has 0 aromatic carbocycles. The van der Waals surface area contributed by atoms with E-state index in [2.05, 4.69) is 4.90 Å². The average Bonchev–Trinajstić information content (AvgIpc) is 2.17. The molecule has 0 aliphatic carbocycles. The molecule has 1 atom stereocenters. The average molecular weight is 185 g/mol. The molecule has 1 unspecified atom stereocenters. The Morgan fingerprint density at radius 2 is 2.08 bits per heavy atom. The van der Waals surface area contributed by atoms with Crippen LogP contribution in [0.25, 0.3) is 0 Å². The van der Waals surface area contributed by atoms with Crippen molar-refractivity contribution >= 4 is 0 Å². The summed E-state index contributed by atoms with van der Waals surface area (Å²) in [4.78, 5) is 12.9. The molecule has 5 nitrogen and oxygen atoms in total. The predicted octanol–water partition coefficient (Wildman–Crippen LogP) is 0.348. The van der Waals surface area contributed by atoms with Gasteiger partial charge in [-0.3, -0.25) is 4.90 Å². The molecule has 74 valence electrons. The fraction of sp³-hybridized carbons (Fsp3) is 1.00. The Balaban J connectivity index is 1.95. The smallest absolute Gasteiger partial charge is 0.160 e. The fourth-order valence-corrected chi connectivity index (χ4v) is 2.29. The summed E-state index contributed by atoms with van der Waals surface area (Å²) in [5.74, 6) is 0. The van der Waals surface area contributed by atoms with Gasteiger partial charge in [0.2, 0.25) is 0 Å². The van der Waals surface area contributed by atoms with Crippen molar-refractivity contribution in [1.82, 2.24) is 9.91 Å². The van der Waals surface area contributed by atoms with Gasteiger partial charge in [0.15, 0.2) is 5.03 Å². The van der Waals surface area contributed by atoms with Gasteiger partial charge in [-0.05, 0) is 19.4 Å². The Labute approximate surface area is 77.4 Å². The van der Waals surface area contributed by atoms with Crippen LogP contribution in [0, 0.1) is 10.1 Å². The Morgan fingerprint density at radius 3 is 2.85 bits per heavy atom. The third-order valence-electron chi connectivity index (χ3n) is 3.05. The molecule has 0 amide bonds. The number of piperazine rings is 1. The van der Waals surface area contributed by atoms with Crippen LogP contribution in [0.5, 0.6) is 0 Å². The van der Waals surface area contributed by atoms with E-state index in [1.165, 1.54) is 17.9 Å². The van der Waals surface area contributed by atoms with Gasteiger partial charge in [-0.25, -0.2) is 10.1 Å². The molecule has 0 saturated carbocycles. The van der Waals surface area contributed by atoms with Crippen LogP contribution in [0.2, 0.25) is 0 Å². The number of piperidine rings is 1. The van der Waals surface area contributed by atoms with Crippen molar-refractivity contribution in [3.63, 3.8) is 0 Å². The zero-order valence-electron chi connectivity index (χ0n) is 7.69. The maximum Gasteiger partial charge on any atom is 0.160 e. The standard InChI is InChI=1S/C8H15N3O2/c12-11(13)10-6-5-9-4-2-1-3-8(9)7-10/h8H,1-7H2. The van der Waals surface area contributed by atoms with Gasteiger partial charge in [0.25, 0.3) is 0 Å². The van der Waals surface area contributed by atoms with Gasteiger partial charge in [0, 0.05) is 12.6 Å². The Morgan fingerprint density at radius 1 is 1.23 bits per heavy atom. The molecule has 0 N–H and O–H groups in total. The lowest BCUT2D eigenvalue weighted by molar-refractivity contribution is -0.659. The monoisotopic (exact) mass is 185 g/mol. The predicted molar refractivity (Wildman–Crippen MR) is 47.8 cm³/mol. The number of nitrogens with zero attached hydrogens (tertiary/aromatic N) is 3. The van der Waals surface area contributed by atoms with Gasteiger partial charge < -0.3 is 0 Å². The quantitative estimate of drug-likeness (QED) is 0.437. The first-order valence-corrected chi connectivity index (χ1v) is 4.90. The zero-order valence-corrected chi connectivity index (χ0v) is 7.69. The first-order chi connectivity index (χ1) is 6.27. The molecule has 2 saturated heterocycles. The summed E-state index contributed by atoms with van der Waals surface area (Å²) in [6, 6.07) is 0.438. The third kappa shape index (κ3) is 1.75. The van der Waals surface area contributed by atoms with Crippen LogP contribution < -0.4 is 0 Å². The summed E-state index contributed by atoms with van der Waals surface area (Å²) < 4.78 is 0. The lowest BCUT2D eigenvalue weighted by Crippen LogP contribution is -2.56. The zero-order chi connectivity index (χ0) is 9.26. The third-order valence-corrected chi connectivity index (χ3v) is 3.05. The minimum absolute atomic E-state index is 0.258. The van der Waals surface area contributed by atoms with Gasteiger partial charge in [-0.15, -0.1) is 5.01 Å². The summed E-state index contributed by atoms with van der Waals surface area (Å²) in [5.41, 5.74) is 0. The van der Waals surface area contributed by atoms with Gasteiger partial charge >= 0.3 is 0 Å². The summed E-state index contributed by atoms with van der Waals surface area (Å²) in [6.07, 6.45) is 3.62. The minimum atomic E-state index is -0.258. The molecule has 2 aliphatic heterocycles. The van der Waals surface area contributed by atoms with E-state index in [9.17, 15) is 10.1 Å². The number of rotatable bonds is 1. The SMILES string of the molecule is O=[N+]([O-])N1CCN2CCCCC2C1. The second-order valence-corrected chi connectivity index (χ2v) is 3.84. The van der Waals surface area contributed by atoms with E-state index in [1.54, 1.807) is 0 Å². The van der Waals surface area contributed by atoms with Crippen LogP contribution >= 0.6 is 0 Å². The molecule has 0 aromatic heterocycles. The van der Waals surface area contributed by atoms with Crippen molar-refractivity contribution < 1.29 is 5.03 Å². The van der Waals surface area contributed by atoms with Gasteiger partial charge in [0.05, 0.1) is 13.1 Å². The summed E-state index contributed by atoms with van der Waals surface area (Å²) in [6.45, 7) is 3.21. The fourth-order valence-electron chi connectivity index (χ4n) is 2.29. The number of nitro groups is 1. The molecule has 0 spiro atoms. The lowest BCUT2D eigenvalue weighted by Gasteiger charge is -2.40. The van der Waals surface area contributed by atoms with Crippen LogP contribution in [0.1, 0.15) is 19.3 Å². The van der Waals surface area contributed by atoms with Crippen molar-refractivity contribution in [2.75, 3.05) is 26.2 Å². The van der Waals surface area contributed by atoms with Crippen molar-refractivity contribution in [2.24, 2.45) is 0 Å². The first-order valence-electron chi connectivity index (χ1n) is 4.90. The number of hydrogen-bond acceptors (Lipinski definition) is 3. The molecule has 0 aromatic rings. The topological polar surface area (TPSA) is 49.6 Å². The Bertz CT molecular complexity index is 210. The van der Waals surface area contributed by atoms with Gasteiger partial charge in [0.1, 0.15) is 0 Å². The van der Waals surface area contributed by atoms with Crippen molar-refractivity contribution in [3.8, 4) is 0 Å². The maximum absolute atomic E-state index is 10.5. The summed E-state index contributed by atoms with van der Waals surface area (Å²) in [5, 5.41) is 11.6. The minimum Gasteiger partial charge on any atom is -0.296 e. The molecular formula is C8H15N3O2. The molecule has 0 radical (unpaired) electrons. The molecule has 2 heterocycles. The van der Waals surface area contributed by atoms with E-state index in [4.69, 9.17) is 0 Å². The Hall–Kier alpha value is -0.840. The van der Waals surface area contributed by atoms with Crippen molar-refractivity contribution in [3.05, 3.63) is 10.1 Å². The van der Waals surface area contributed by atoms with Gasteiger partial charge in [-0.2, -0.15) is 0 Å². The maximum atomic E-state index is 10.5. The number of hydrazine groups is 1. The first kappa shape index (κ1) is 8.74. The highest BCUT2D eigenvalue weighted by molar-refractivity contribution is 4.82. The van der Waals surface area contributed by atoms with Crippen LogP contribution in [0.4, 0.5) is 0 Å². The number of hydrogen-bond donors (Lipinski definition) is 0.